The molecule has 1 aromatic carbocycles. The number of hydrogen-bond donors (Lipinski definition) is 3. The lowest BCUT2D eigenvalue weighted by molar-refractivity contribution is -0.120. The lowest BCUT2D eigenvalue weighted by atomic mass is 10.1. The molecule has 0 aliphatic heterocycles. The number of rotatable bonds is 8. The summed E-state index contributed by atoms with van der Waals surface area (Å²) in [6.45, 7) is 3.70. The fourth-order valence-corrected chi connectivity index (χ4v) is 1.65. The maximum atomic E-state index is 11.4. The number of carbonyl (C=O) groups excluding carboxylic acids is 1. The molecule has 0 spiro atoms. The summed E-state index contributed by atoms with van der Waals surface area (Å²) in [7, 11) is 0. The Labute approximate surface area is 113 Å². The van der Waals surface area contributed by atoms with Gasteiger partial charge in [-0.05, 0) is 37.1 Å². The molecule has 0 aromatic heterocycles. The highest BCUT2D eigenvalue weighted by Gasteiger charge is 2.04. The summed E-state index contributed by atoms with van der Waals surface area (Å²) in [5, 5.41) is 14.7. The van der Waals surface area contributed by atoms with Gasteiger partial charge in [-0.2, -0.15) is 0 Å². The molecule has 0 bridgehead atoms. The highest BCUT2D eigenvalue weighted by atomic mass is 16.4. The van der Waals surface area contributed by atoms with E-state index >= 15 is 0 Å². The van der Waals surface area contributed by atoms with Gasteiger partial charge in [0.05, 0.1) is 12.1 Å². The normalized spacial score (nSPS) is 10.2. The quantitative estimate of drug-likeness (QED) is 0.613. The summed E-state index contributed by atoms with van der Waals surface area (Å²) in [5.74, 6) is -0.975. The molecule has 1 aromatic rings. The zero-order valence-corrected chi connectivity index (χ0v) is 11.1. The SMILES string of the molecule is CCCNCC(=O)NCCc1cccc(C(=O)O)c1. The number of hydrogen-bond acceptors (Lipinski definition) is 3. The second kappa shape index (κ2) is 8.26. The van der Waals surface area contributed by atoms with Crippen molar-refractivity contribution in [3.05, 3.63) is 35.4 Å². The molecule has 5 nitrogen and oxygen atoms in total. The van der Waals surface area contributed by atoms with Gasteiger partial charge >= 0.3 is 5.97 Å². The Morgan fingerprint density at radius 2 is 2.05 bits per heavy atom. The van der Waals surface area contributed by atoms with Crippen LogP contribution in [0.4, 0.5) is 0 Å². The topological polar surface area (TPSA) is 78.4 Å². The molecule has 0 radical (unpaired) electrons. The fourth-order valence-electron chi connectivity index (χ4n) is 1.65. The van der Waals surface area contributed by atoms with E-state index in [9.17, 15) is 9.59 Å². The lowest BCUT2D eigenvalue weighted by Gasteiger charge is -2.06. The van der Waals surface area contributed by atoms with Gasteiger partial charge < -0.3 is 15.7 Å². The zero-order chi connectivity index (χ0) is 14.1. The highest BCUT2D eigenvalue weighted by molar-refractivity contribution is 5.87. The number of carbonyl (C=O) groups is 2. The van der Waals surface area contributed by atoms with E-state index in [0.717, 1.165) is 18.5 Å². The number of benzene rings is 1. The van der Waals surface area contributed by atoms with Crippen LogP contribution in [0.3, 0.4) is 0 Å². The van der Waals surface area contributed by atoms with Gasteiger partial charge in [0.1, 0.15) is 0 Å². The van der Waals surface area contributed by atoms with Crippen molar-refractivity contribution in [3.8, 4) is 0 Å². The number of carboxylic acid groups (broad SMARTS) is 1. The third-order valence-electron chi connectivity index (χ3n) is 2.62. The van der Waals surface area contributed by atoms with E-state index in [4.69, 9.17) is 5.11 Å². The molecule has 0 saturated heterocycles. The summed E-state index contributed by atoms with van der Waals surface area (Å²) in [4.78, 5) is 22.2. The molecule has 104 valence electrons. The average Bonchev–Trinajstić information content (AvgIpc) is 2.39. The first-order valence-electron chi connectivity index (χ1n) is 6.43. The molecule has 0 saturated carbocycles. The van der Waals surface area contributed by atoms with Crippen molar-refractivity contribution >= 4 is 11.9 Å². The summed E-state index contributed by atoms with van der Waals surface area (Å²) in [6.07, 6.45) is 1.62. The zero-order valence-electron chi connectivity index (χ0n) is 11.1. The predicted molar refractivity (Wildman–Crippen MR) is 73.3 cm³/mol. The minimum Gasteiger partial charge on any atom is -0.478 e. The van der Waals surface area contributed by atoms with E-state index in [2.05, 4.69) is 10.6 Å². The number of carboxylic acids is 1. The van der Waals surface area contributed by atoms with Crippen LogP contribution in [-0.4, -0.2) is 36.6 Å². The van der Waals surface area contributed by atoms with Crippen LogP contribution in [-0.2, 0) is 11.2 Å². The van der Waals surface area contributed by atoms with Gasteiger partial charge in [0.15, 0.2) is 0 Å². The second-order valence-electron chi connectivity index (χ2n) is 4.28. The molecule has 0 heterocycles. The van der Waals surface area contributed by atoms with Crippen molar-refractivity contribution < 1.29 is 14.7 Å². The first-order valence-corrected chi connectivity index (χ1v) is 6.43. The minimum atomic E-state index is -0.936. The molecule has 19 heavy (non-hydrogen) atoms. The van der Waals surface area contributed by atoms with E-state index in [1.807, 2.05) is 13.0 Å². The van der Waals surface area contributed by atoms with E-state index < -0.39 is 5.97 Å². The standard InChI is InChI=1S/C14H20N2O3/c1-2-7-15-10-13(17)16-8-6-11-4-3-5-12(9-11)14(18)19/h3-5,9,15H,2,6-8,10H2,1H3,(H,16,17)(H,18,19). The van der Waals surface area contributed by atoms with Crippen molar-refractivity contribution in [3.63, 3.8) is 0 Å². The maximum absolute atomic E-state index is 11.4. The third-order valence-corrected chi connectivity index (χ3v) is 2.62. The van der Waals surface area contributed by atoms with Crippen LogP contribution in [0.1, 0.15) is 29.3 Å². The fraction of sp³-hybridized carbons (Fsp3) is 0.429. The minimum absolute atomic E-state index is 0.0390. The molecule has 0 aliphatic carbocycles. The number of aromatic carboxylic acids is 1. The molecule has 1 amide bonds. The predicted octanol–water partition coefficient (Wildman–Crippen LogP) is 1.04. The molecular weight excluding hydrogens is 244 g/mol. The molecule has 1 rings (SSSR count). The summed E-state index contributed by atoms with van der Waals surface area (Å²) in [6, 6.07) is 6.75. The van der Waals surface area contributed by atoms with Crippen LogP contribution < -0.4 is 10.6 Å². The van der Waals surface area contributed by atoms with Gasteiger partial charge in [-0.1, -0.05) is 19.1 Å². The van der Waals surface area contributed by atoms with Gasteiger partial charge in [0.25, 0.3) is 0 Å². The van der Waals surface area contributed by atoms with E-state index in [0.29, 0.717) is 19.5 Å². The van der Waals surface area contributed by atoms with Crippen LogP contribution in [0.25, 0.3) is 0 Å². The molecular formula is C14H20N2O3. The van der Waals surface area contributed by atoms with Gasteiger partial charge in [-0.3, -0.25) is 4.79 Å². The Kier molecular flexibility index (Phi) is 6.60. The van der Waals surface area contributed by atoms with Crippen molar-refractivity contribution in [2.45, 2.75) is 19.8 Å². The first-order chi connectivity index (χ1) is 9.13. The van der Waals surface area contributed by atoms with Crippen molar-refractivity contribution in [2.24, 2.45) is 0 Å². The smallest absolute Gasteiger partial charge is 0.335 e. The van der Waals surface area contributed by atoms with Crippen LogP contribution in [0.2, 0.25) is 0 Å². The van der Waals surface area contributed by atoms with E-state index in [1.165, 1.54) is 0 Å². The Balaban J connectivity index is 2.31. The number of nitrogens with one attached hydrogen (secondary N) is 2. The molecule has 0 fully saturated rings. The summed E-state index contributed by atoms with van der Waals surface area (Å²) in [5.41, 5.74) is 1.18. The molecule has 3 N–H and O–H groups in total. The van der Waals surface area contributed by atoms with Crippen molar-refractivity contribution in [1.29, 1.82) is 0 Å². The van der Waals surface area contributed by atoms with E-state index in [-0.39, 0.29) is 11.5 Å². The Morgan fingerprint density at radius 1 is 1.26 bits per heavy atom. The van der Waals surface area contributed by atoms with Crippen LogP contribution >= 0.6 is 0 Å². The van der Waals surface area contributed by atoms with E-state index in [1.54, 1.807) is 18.2 Å². The maximum Gasteiger partial charge on any atom is 0.335 e. The molecule has 5 heteroatoms. The molecule has 0 atom stereocenters. The van der Waals surface area contributed by atoms with Crippen LogP contribution in [0, 0.1) is 0 Å². The Morgan fingerprint density at radius 3 is 2.74 bits per heavy atom. The van der Waals surface area contributed by atoms with Gasteiger partial charge in [0.2, 0.25) is 5.91 Å². The van der Waals surface area contributed by atoms with Gasteiger partial charge in [-0.15, -0.1) is 0 Å². The van der Waals surface area contributed by atoms with Crippen LogP contribution in [0.15, 0.2) is 24.3 Å². The summed E-state index contributed by atoms with van der Waals surface area (Å²) < 4.78 is 0. The summed E-state index contributed by atoms with van der Waals surface area (Å²) >= 11 is 0. The monoisotopic (exact) mass is 264 g/mol. The largest absolute Gasteiger partial charge is 0.478 e. The average molecular weight is 264 g/mol. The lowest BCUT2D eigenvalue weighted by Crippen LogP contribution is -2.35. The van der Waals surface area contributed by atoms with Gasteiger partial charge in [-0.25, -0.2) is 4.79 Å². The van der Waals surface area contributed by atoms with Gasteiger partial charge in [0, 0.05) is 6.54 Å². The first kappa shape index (κ1) is 15.2. The Bertz CT molecular complexity index is 432. The van der Waals surface area contributed by atoms with Crippen molar-refractivity contribution in [1.82, 2.24) is 10.6 Å². The second-order valence-corrected chi connectivity index (χ2v) is 4.28. The number of amides is 1. The third kappa shape index (κ3) is 6.01. The molecule has 0 aliphatic rings. The van der Waals surface area contributed by atoms with Crippen LogP contribution in [0.5, 0.6) is 0 Å². The molecule has 0 unspecified atom stereocenters. The Hall–Kier alpha value is -1.88. The highest BCUT2D eigenvalue weighted by Crippen LogP contribution is 2.05. The van der Waals surface area contributed by atoms with Crippen molar-refractivity contribution in [2.75, 3.05) is 19.6 Å².